The number of carbonyl (C=O) groups is 1. The quantitative estimate of drug-likeness (QED) is 0.696. The molecule has 1 aromatic carbocycles. The zero-order valence-corrected chi connectivity index (χ0v) is 16.4. The van der Waals surface area contributed by atoms with Crippen LogP contribution in [0.2, 0.25) is 0 Å². The molecule has 4 rings (SSSR count). The van der Waals surface area contributed by atoms with Gasteiger partial charge >= 0.3 is 0 Å². The van der Waals surface area contributed by atoms with Crippen LogP contribution < -0.4 is 10.9 Å². The van der Waals surface area contributed by atoms with Crippen LogP contribution in [-0.2, 0) is 24.1 Å². The van der Waals surface area contributed by atoms with Crippen molar-refractivity contribution in [3.63, 3.8) is 0 Å². The molecule has 1 amide bonds. The fourth-order valence-corrected chi connectivity index (χ4v) is 4.88. The van der Waals surface area contributed by atoms with Crippen molar-refractivity contribution in [2.45, 2.75) is 51.9 Å². The Bertz CT molecular complexity index is 1060. The molecule has 6 heteroatoms. The molecule has 1 aliphatic carbocycles. The SMILES string of the molecule is CC(C)c1cccc(NC(=O)CCc2nc3sc4c(c3c(=O)[nH]2)CCC4)c1. The highest BCUT2D eigenvalue weighted by Crippen LogP contribution is 2.34. The first-order valence-corrected chi connectivity index (χ1v) is 10.3. The normalized spacial score (nSPS) is 13.3. The molecule has 2 heterocycles. The summed E-state index contributed by atoms with van der Waals surface area (Å²) >= 11 is 1.62. The van der Waals surface area contributed by atoms with Crippen LogP contribution in [0, 0.1) is 0 Å². The number of amides is 1. The molecule has 3 aromatic rings. The van der Waals surface area contributed by atoms with Gasteiger partial charge in [0.1, 0.15) is 10.7 Å². The van der Waals surface area contributed by atoms with Gasteiger partial charge in [0.15, 0.2) is 0 Å². The second kappa shape index (κ2) is 7.27. The van der Waals surface area contributed by atoms with E-state index >= 15 is 0 Å². The van der Waals surface area contributed by atoms with Crippen LogP contribution in [-0.4, -0.2) is 15.9 Å². The molecule has 0 unspecified atom stereocenters. The second-order valence-corrected chi connectivity index (χ2v) is 8.46. The average Bonchev–Trinajstić information content (AvgIpc) is 3.20. The summed E-state index contributed by atoms with van der Waals surface area (Å²) in [5.41, 5.74) is 3.10. The summed E-state index contributed by atoms with van der Waals surface area (Å²) in [6.07, 6.45) is 3.84. The largest absolute Gasteiger partial charge is 0.326 e. The molecule has 5 nitrogen and oxygen atoms in total. The molecular formula is C21H23N3O2S. The van der Waals surface area contributed by atoms with Gasteiger partial charge in [-0.05, 0) is 48.4 Å². The number of nitrogens with one attached hydrogen (secondary N) is 2. The van der Waals surface area contributed by atoms with Gasteiger partial charge in [-0.15, -0.1) is 11.3 Å². The minimum absolute atomic E-state index is 0.0700. The highest BCUT2D eigenvalue weighted by atomic mass is 32.1. The van der Waals surface area contributed by atoms with Gasteiger partial charge in [0.2, 0.25) is 5.91 Å². The zero-order valence-electron chi connectivity index (χ0n) is 15.6. The number of hydrogen-bond donors (Lipinski definition) is 2. The first-order valence-electron chi connectivity index (χ1n) is 9.44. The smallest absolute Gasteiger partial charge is 0.259 e. The number of thiophene rings is 1. The third-order valence-corrected chi connectivity index (χ3v) is 6.24. The van der Waals surface area contributed by atoms with Crippen LogP contribution in [0.4, 0.5) is 5.69 Å². The van der Waals surface area contributed by atoms with Crippen molar-refractivity contribution in [3.8, 4) is 0 Å². The maximum atomic E-state index is 12.5. The van der Waals surface area contributed by atoms with E-state index in [4.69, 9.17) is 0 Å². The lowest BCUT2D eigenvalue weighted by atomic mass is 10.0. The number of nitrogens with zero attached hydrogens (tertiary/aromatic N) is 1. The molecule has 27 heavy (non-hydrogen) atoms. The average molecular weight is 382 g/mol. The Kier molecular flexibility index (Phi) is 4.83. The number of hydrogen-bond acceptors (Lipinski definition) is 4. The Balaban J connectivity index is 1.45. The van der Waals surface area contributed by atoms with Crippen molar-refractivity contribution in [3.05, 3.63) is 56.4 Å². The molecule has 0 saturated carbocycles. The van der Waals surface area contributed by atoms with Gasteiger partial charge in [-0.3, -0.25) is 9.59 Å². The van der Waals surface area contributed by atoms with Crippen molar-refractivity contribution in [2.24, 2.45) is 0 Å². The zero-order chi connectivity index (χ0) is 19.0. The maximum Gasteiger partial charge on any atom is 0.259 e. The summed E-state index contributed by atoms with van der Waals surface area (Å²) in [5.74, 6) is 0.918. The lowest BCUT2D eigenvalue weighted by molar-refractivity contribution is -0.116. The van der Waals surface area contributed by atoms with Gasteiger partial charge in [0, 0.05) is 23.4 Å². The summed E-state index contributed by atoms with van der Waals surface area (Å²) in [7, 11) is 0. The number of anilines is 1. The Labute approximate surface area is 161 Å². The van der Waals surface area contributed by atoms with Crippen LogP contribution in [0.25, 0.3) is 10.2 Å². The third-order valence-electron chi connectivity index (χ3n) is 5.05. The second-order valence-electron chi connectivity index (χ2n) is 7.38. The predicted molar refractivity (Wildman–Crippen MR) is 110 cm³/mol. The Morgan fingerprint density at radius 2 is 2.19 bits per heavy atom. The van der Waals surface area contributed by atoms with Gasteiger partial charge in [-0.2, -0.15) is 0 Å². The number of aromatic nitrogens is 2. The molecule has 0 saturated heterocycles. The summed E-state index contributed by atoms with van der Waals surface area (Å²) in [6.45, 7) is 4.25. The van der Waals surface area contributed by atoms with E-state index in [0.29, 0.717) is 18.2 Å². The van der Waals surface area contributed by atoms with Crippen LogP contribution in [0.3, 0.4) is 0 Å². The first kappa shape index (κ1) is 17.9. The van der Waals surface area contributed by atoms with E-state index in [0.717, 1.165) is 35.2 Å². The molecule has 0 aliphatic heterocycles. The van der Waals surface area contributed by atoms with Crippen LogP contribution in [0.15, 0.2) is 29.1 Å². The number of rotatable bonds is 5. The summed E-state index contributed by atoms with van der Waals surface area (Å²) < 4.78 is 0. The van der Waals surface area contributed by atoms with Gasteiger partial charge in [0.25, 0.3) is 5.56 Å². The first-order chi connectivity index (χ1) is 13.0. The third kappa shape index (κ3) is 3.67. The number of benzene rings is 1. The molecule has 0 radical (unpaired) electrons. The van der Waals surface area contributed by atoms with E-state index in [1.54, 1.807) is 11.3 Å². The highest BCUT2D eigenvalue weighted by molar-refractivity contribution is 7.18. The fraction of sp³-hybridized carbons (Fsp3) is 0.381. The Morgan fingerprint density at radius 3 is 3.00 bits per heavy atom. The monoisotopic (exact) mass is 381 g/mol. The molecular weight excluding hydrogens is 358 g/mol. The van der Waals surface area contributed by atoms with Crippen LogP contribution >= 0.6 is 11.3 Å². The molecule has 140 valence electrons. The van der Waals surface area contributed by atoms with Crippen molar-refractivity contribution < 1.29 is 4.79 Å². The molecule has 2 N–H and O–H groups in total. The van der Waals surface area contributed by atoms with E-state index in [1.807, 2.05) is 18.2 Å². The Morgan fingerprint density at radius 1 is 1.33 bits per heavy atom. The van der Waals surface area contributed by atoms with Crippen molar-refractivity contribution in [1.29, 1.82) is 0 Å². The van der Waals surface area contributed by atoms with E-state index < -0.39 is 0 Å². The van der Waals surface area contributed by atoms with Crippen molar-refractivity contribution in [1.82, 2.24) is 9.97 Å². The van der Waals surface area contributed by atoms with E-state index in [2.05, 4.69) is 35.2 Å². The van der Waals surface area contributed by atoms with Gasteiger partial charge in [-0.1, -0.05) is 26.0 Å². The predicted octanol–water partition coefficient (Wildman–Crippen LogP) is 4.17. The lowest BCUT2D eigenvalue weighted by Gasteiger charge is -2.09. The Hall–Kier alpha value is -2.47. The molecule has 1 aliphatic rings. The standard InChI is InChI=1S/C21H23N3O2S/c1-12(2)13-5-3-6-14(11-13)22-18(25)10-9-17-23-20(26)19-15-7-4-8-16(15)27-21(19)24-17/h3,5-6,11-12H,4,7-10H2,1-2H3,(H,22,25)(H,23,24,26). The van der Waals surface area contributed by atoms with Crippen LogP contribution in [0.1, 0.15) is 54.4 Å². The summed E-state index contributed by atoms with van der Waals surface area (Å²) in [6, 6.07) is 7.90. The topological polar surface area (TPSA) is 74.8 Å². The van der Waals surface area contributed by atoms with E-state index in [1.165, 1.54) is 16.0 Å². The van der Waals surface area contributed by atoms with Crippen molar-refractivity contribution in [2.75, 3.05) is 5.32 Å². The molecule has 0 spiro atoms. The maximum absolute atomic E-state index is 12.5. The van der Waals surface area contributed by atoms with Crippen molar-refractivity contribution >= 4 is 33.1 Å². The van der Waals surface area contributed by atoms with Crippen LogP contribution in [0.5, 0.6) is 0 Å². The minimum atomic E-state index is -0.0765. The molecule has 0 bridgehead atoms. The lowest BCUT2D eigenvalue weighted by Crippen LogP contribution is -2.16. The highest BCUT2D eigenvalue weighted by Gasteiger charge is 2.21. The van der Waals surface area contributed by atoms with E-state index in [-0.39, 0.29) is 17.9 Å². The number of carbonyl (C=O) groups excluding carboxylic acids is 1. The molecule has 2 aromatic heterocycles. The van der Waals surface area contributed by atoms with Gasteiger partial charge in [0.05, 0.1) is 5.39 Å². The van der Waals surface area contributed by atoms with E-state index in [9.17, 15) is 9.59 Å². The molecule has 0 fully saturated rings. The van der Waals surface area contributed by atoms with Gasteiger partial charge in [-0.25, -0.2) is 4.98 Å². The molecule has 0 atom stereocenters. The number of aromatic amines is 1. The summed E-state index contributed by atoms with van der Waals surface area (Å²) in [5, 5.41) is 3.69. The number of H-pyrrole nitrogens is 1. The fourth-order valence-electron chi connectivity index (χ4n) is 3.60. The summed E-state index contributed by atoms with van der Waals surface area (Å²) in [4.78, 5) is 34.3. The number of aryl methyl sites for hydroxylation is 3. The number of fused-ring (bicyclic) bond motifs is 3. The van der Waals surface area contributed by atoms with Gasteiger partial charge < -0.3 is 10.3 Å². The minimum Gasteiger partial charge on any atom is -0.326 e.